The van der Waals surface area contributed by atoms with Gasteiger partial charge in [-0.3, -0.25) is 4.79 Å². The summed E-state index contributed by atoms with van der Waals surface area (Å²) in [6.45, 7) is 7.68. The minimum absolute atomic E-state index is 0.0254. The molecule has 1 aromatic carbocycles. The first-order valence-corrected chi connectivity index (χ1v) is 14.9. The highest BCUT2D eigenvalue weighted by Crippen LogP contribution is 2.38. The van der Waals surface area contributed by atoms with E-state index in [9.17, 15) is 13.2 Å². The molecule has 4 rings (SSSR count). The van der Waals surface area contributed by atoms with Crippen LogP contribution >= 0.6 is 11.3 Å². The summed E-state index contributed by atoms with van der Waals surface area (Å²) in [7, 11) is 0.304. The summed E-state index contributed by atoms with van der Waals surface area (Å²) in [4.78, 5) is 14.2. The Hall–Kier alpha value is -2.16. The molecule has 3 unspecified atom stereocenters. The fourth-order valence-electron chi connectivity index (χ4n) is 5.53. The van der Waals surface area contributed by atoms with Crippen LogP contribution < -0.4 is 10.3 Å². The van der Waals surface area contributed by atoms with Crippen molar-refractivity contribution in [3.63, 3.8) is 0 Å². The van der Waals surface area contributed by atoms with Crippen LogP contribution in [0.4, 0.5) is 0 Å². The topological polar surface area (TPSA) is 68.6 Å². The van der Waals surface area contributed by atoms with E-state index in [0.717, 1.165) is 51.8 Å². The first kappa shape index (κ1) is 25.9. The highest BCUT2D eigenvalue weighted by molar-refractivity contribution is 7.88. The Labute approximate surface area is 212 Å². The molecule has 1 fully saturated rings. The van der Waals surface area contributed by atoms with Crippen LogP contribution in [0, 0.1) is 24.7 Å². The number of aromatic nitrogens is 1. The van der Waals surface area contributed by atoms with E-state index in [2.05, 4.69) is 32.9 Å². The minimum atomic E-state index is -3.17. The number of methoxy groups -OCH3 is 1. The lowest BCUT2D eigenvalue weighted by Crippen LogP contribution is -2.34. The Bertz CT molecular complexity index is 1390. The van der Waals surface area contributed by atoms with Gasteiger partial charge >= 0.3 is 0 Å². The second-order valence-electron chi connectivity index (χ2n) is 10.2. The third-order valence-corrected chi connectivity index (χ3v) is 10.1. The molecule has 3 heterocycles. The molecule has 3 atom stereocenters. The summed E-state index contributed by atoms with van der Waals surface area (Å²) in [6, 6.07) is 8.12. The summed E-state index contributed by atoms with van der Waals surface area (Å²) >= 11 is 1.71. The molecule has 0 bridgehead atoms. The molecule has 0 spiro atoms. The highest BCUT2D eigenvalue weighted by Gasteiger charge is 2.32. The standard InChI is InChI=1S/C27H36N2O4S2/c1-17-11-12-29(35(6,31)32)15-19(3)22(17)10-8-21-14-24-26(34-21)25(16-28(4)27(24)30)23-9-7-20(33-5)13-18(23)2/h7,9,13-14,16-17,19,22H,8,10-12,15H2,1-6H3. The van der Waals surface area contributed by atoms with Crippen LogP contribution in [-0.2, 0) is 23.5 Å². The number of thiophene rings is 1. The number of benzene rings is 1. The second kappa shape index (κ2) is 10.1. The van der Waals surface area contributed by atoms with Gasteiger partial charge < -0.3 is 9.30 Å². The van der Waals surface area contributed by atoms with Gasteiger partial charge in [0, 0.05) is 41.5 Å². The number of pyridine rings is 1. The van der Waals surface area contributed by atoms with Crippen molar-refractivity contribution in [2.45, 2.75) is 40.0 Å². The van der Waals surface area contributed by atoms with Gasteiger partial charge in [-0.25, -0.2) is 12.7 Å². The van der Waals surface area contributed by atoms with Gasteiger partial charge in [0.05, 0.1) is 18.8 Å². The highest BCUT2D eigenvalue weighted by atomic mass is 32.2. The van der Waals surface area contributed by atoms with Gasteiger partial charge in [0.2, 0.25) is 10.0 Å². The molecule has 0 amide bonds. The van der Waals surface area contributed by atoms with E-state index in [4.69, 9.17) is 4.74 Å². The molecule has 0 radical (unpaired) electrons. The van der Waals surface area contributed by atoms with Crippen LogP contribution in [0.1, 0.15) is 37.1 Å². The van der Waals surface area contributed by atoms with Crippen molar-refractivity contribution in [3.05, 3.63) is 51.3 Å². The predicted octanol–water partition coefficient (Wildman–Crippen LogP) is 5.07. The van der Waals surface area contributed by atoms with E-state index in [1.807, 2.05) is 25.4 Å². The normalized spacial score (nSPS) is 21.8. The largest absolute Gasteiger partial charge is 0.497 e. The first-order chi connectivity index (χ1) is 16.5. The summed E-state index contributed by atoms with van der Waals surface area (Å²) in [6.07, 6.45) is 6.02. The van der Waals surface area contributed by atoms with Crippen molar-refractivity contribution in [1.29, 1.82) is 0 Å². The number of sulfonamides is 1. The average molecular weight is 517 g/mol. The summed E-state index contributed by atoms with van der Waals surface area (Å²) in [5.74, 6) is 2.01. The maximum atomic E-state index is 13.0. The number of nitrogens with zero attached hydrogens (tertiary/aromatic N) is 2. The van der Waals surface area contributed by atoms with Crippen LogP contribution in [0.5, 0.6) is 5.75 Å². The molecule has 0 N–H and O–H groups in total. The van der Waals surface area contributed by atoms with Crippen molar-refractivity contribution in [2.75, 3.05) is 26.5 Å². The Balaban J connectivity index is 1.63. The summed E-state index contributed by atoms with van der Waals surface area (Å²) < 4.78 is 34.0. The Kier molecular flexibility index (Phi) is 7.46. The van der Waals surface area contributed by atoms with Crippen LogP contribution in [-0.4, -0.2) is 43.7 Å². The van der Waals surface area contributed by atoms with Crippen molar-refractivity contribution < 1.29 is 13.2 Å². The van der Waals surface area contributed by atoms with Gasteiger partial charge in [0.1, 0.15) is 5.75 Å². The number of hydrogen-bond donors (Lipinski definition) is 0. The summed E-state index contributed by atoms with van der Waals surface area (Å²) in [5.41, 5.74) is 3.30. The molecule has 1 saturated heterocycles. The second-order valence-corrected chi connectivity index (χ2v) is 13.3. The fraction of sp³-hybridized carbons (Fsp3) is 0.519. The van der Waals surface area contributed by atoms with Crippen molar-refractivity contribution in [1.82, 2.24) is 8.87 Å². The lowest BCUT2D eigenvalue weighted by Gasteiger charge is -2.27. The van der Waals surface area contributed by atoms with Gasteiger partial charge in [-0.1, -0.05) is 19.9 Å². The van der Waals surface area contributed by atoms with E-state index in [1.165, 1.54) is 11.1 Å². The average Bonchev–Trinajstić information content (AvgIpc) is 3.16. The lowest BCUT2D eigenvalue weighted by molar-refractivity contribution is 0.246. The minimum Gasteiger partial charge on any atom is -0.497 e. The SMILES string of the molecule is COc1ccc(-c2cn(C)c(=O)c3cc(CCC4C(C)CCN(S(C)(=O)=O)CC4C)sc23)c(C)c1. The molecular weight excluding hydrogens is 480 g/mol. The third-order valence-electron chi connectivity index (χ3n) is 7.61. The quantitative estimate of drug-likeness (QED) is 0.459. The molecule has 1 aliphatic heterocycles. The number of fused-ring (bicyclic) bond motifs is 1. The molecule has 2 aromatic heterocycles. The van der Waals surface area contributed by atoms with Crippen LogP contribution in [0.25, 0.3) is 21.2 Å². The van der Waals surface area contributed by atoms with Crippen molar-refractivity contribution >= 4 is 31.4 Å². The van der Waals surface area contributed by atoms with E-state index in [1.54, 1.807) is 27.3 Å². The molecule has 35 heavy (non-hydrogen) atoms. The molecule has 190 valence electrons. The van der Waals surface area contributed by atoms with Crippen LogP contribution in [0.15, 0.2) is 35.3 Å². The van der Waals surface area contributed by atoms with Crippen LogP contribution in [0.3, 0.4) is 0 Å². The molecule has 0 aliphatic carbocycles. The molecule has 8 heteroatoms. The van der Waals surface area contributed by atoms with Gasteiger partial charge in [-0.2, -0.15) is 0 Å². The van der Waals surface area contributed by atoms with E-state index in [-0.39, 0.29) is 5.56 Å². The fourth-order valence-corrected chi connectivity index (χ4v) is 7.66. The van der Waals surface area contributed by atoms with E-state index < -0.39 is 10.0 Å². The first-order valence-electron chi connectivity index (χ1n) is 12.2. The van der Waals surface area contributed by atoms with E-state index >= 15 is 0 Å². The number of aryl methyl sites for hydroxylation is 3. The molecule has 1 aliphatic rings. The maximum absolute atomic E-state index is 13.0. The number of hydrogen-bond acceptors (Lipinski definition) is 5. The van der Waals surface area contributed by atoms with Gasteiger partial charge in [0.15, 0.2) is 0 Å². The number of ether oxygens (including phenoxy) is 1. The maximum Gasteiger partial charge on any atom is 0.259 e. The van der Waals surface area contributed by atoms with Gasteiger partial charge in [0.25, 0.3) is 5.56 Å². The van der Waals surface area contributed by atoms with Crippen LogP contribution in [0.2, 0.25) is 0 Å². The Morgan fingerprint density at radius 2 is 1.89 bits per heavy atom. The molecular formula is C27H36N2O4S2. The molecule has 6 nitrogen and oxygen atoms in total. The van der Waals surface area contributed by atoms with Crippen molar-refractivity contribution in [2.24, 2.45) is 24.8 Å². The predicted molar refractivity (Wildman–Crippen MR) is 145 cm³/mol. The monoisotopic (exact) mass is 516 g/mol. The number of rotatable bonds is 6. The smallest absolute Gasteiger partial charge is 0.259 e. The Morgan fingerprint density at radius 3 is 2.54 bits per heavy atom. The summed E-state index contributed by atoms with van der Waals surface area (Å²) in [5, 5.41) is 0.769. The zero-order chi connectivity index (χ0) is 25.5. The molecule has 3 aromatic rings. The third kappa shape index (κ3) is 5.34. The Morgan fingerprint density at radius 1 is 1.14 bits per heavy atom. The van der Waals surface area contributed by atoms with E-state index in [0.29, 0.717) is 30.8 Å². The molecule has 0 saturated carbocycles. The zero-order valence-electron chi connectivity index (χ0n) is 21.5. The van der Waals surface area contributed by atoms with Gasteiger partial charge in [-0.15, -0.1) is 11.3 Å². The zero-order valence-corrected chi connectivity index (χ0v) is 23.1. The van der Waals surface area contributed by atoms with Crippen molar-refractivity contribution in [3.8, 4) is 16.9 Å². The lowest BCUT2D eigenvalue weighted by atomic mass is 9.79. The van der Waals surface area contributed by atoms with Gasteiger partial charge in [-0.05, 0) is 73.3 Å².